The molecular formula is C27H19F4NO2. The first-order chi connectivity index (χ1) is 16.2. The molecule has 0 bridgehead atoms. The highest BCUT2D eigenvalue weighted by Crippen LogP contribution is 2.29. The van der Waals surface area contributed by atoms with Gasteiger partial charge >= 0.3 is 6.18 Å². The molecule has 4 rings (SSSR count). The molecule has 0 aliphatic rings. The molecule has 0 radical (unpaired) electrons. The molecule has 1 N–H and O–H groups in total. The number of hydrogen-bond acceptors (Lipinski definition) is 2. The third-order valence-electron chi connectivity index (χ3n) is 5.51. The number of alkyl halides is 3. The lowest BCUT2D eigenvalue weighted by Crippen LogP contribution is -2.42. The highest BCUT2D eigenvalue weighted by Gasteiger charge is 2.30. The number of halogens is 4. The fraction of sp³-hybridized carbons (Fsp3) is 0.111. The van der Waals surface area contributed by atoms with Crippen LogP contribution < -0.4 is 5.32 Å². The summed E-state index contributed by atoms with van der Waals surface area (Å²) in [6, 6.07) is 20.7. The minimum absolute atomic E-state index is 0.0369. The zero-order valence-electron chi connectivity index (χ0n) is 17.8. The predicted octanol–water partition coefficient (Wildman–Crippen LogP) is 6.22. The molecule has 0 aromatic heterocycles. The number of amides is 1. The van der Waals surface area contributed by atoms with E-state index in [2.05, 4.69) is 5.32 Å². The van der Waals surface area contributed by atoms with Crippen LogP contribution in [-0.2, 0) is 12.6 Å². The summed E-state index contributed by atoms with van der Waals surface area (Å²) < 4.78 is 52.1. The predicted molar refractivity (Wildman–Crippen MR) is 121 cm³/mol. The van der Waals surface area contributed by atoms with Crippen LogP contribution >= 0.6 is 0 Å². The number of rotatable bonds is 6. The number of fused-ring (bicyclic) bond motifs is 1. The van der Waals surface area contributed by atoms with Crippen LogP contribution in [0.5, 0.6) is 0 Å². The average molecular weight is 465 g/mol. The van der Waals surface area contributed by atoms with Crippen LogP contribution in [-0.4, -0.2) is 17.7 Å². The standard InChI is InChI=1S/C27H19F4NO2/c28-21-14-10-19(11-15-21)25(33)24(16-17-8-12-20(13-9-17)27(29,30)31)32-26(34)23-7-3-5-18-4-1-2-6-22(18)23/h1-15,24H,16H2,(H,32,34). The van der Waals surface area contributed by atoms with Gasteiger partial charge in [0.1, 0.15) is 5.82 Å². The van der Waals surface area contributed by atoms with Gasteiger partial charge in [0.25, 0.3) is 5.91 Å². The maximum absolute atomic E-state index is 13.3. The first kappa shape index (κ1) is 23.2. The third kappa shape index (κ3) is 5.14. The number of nitrogens with one attached hydrogen (secondary N) is 1. The van der Waals surface area contributed by atoms with Crippen LogP contribution in [0.1, 0.15) is 31.8 Å². The third-order valence-corrected chi connectivity index (χ3v) is 5.51. The molecule has 4 aromatic carbocycles. The molecular weight excluding hydrogens is 446 g/mol. The summed E-state index contributed by atoms with van der Waals surface area (Å²) in [5, 5.41) is 4.27. The first-order valence-electron chi connectivity index (χ1n) is 10.5. The Morgan fingerprint density at radius 2 is 1.44 bits per heavy atom. The maximum atomic E-state index is 13.3. The Morgan fingerprint density at radius 3 is 2.12 bits per heavy atom. The first-order valence-corrected chi connectivity index (χ1v) is 10.5. The lowest BCUT2D eigenvalue weighted by Gasteiger charge is -2.19. The van der Waals surface area contributed by atoms with Crippen molar-refractivity contribution < 1.29 is 27.2 Å². The maximum Gasteiger partial charge on any atom is 0.416 e. The Bertz CT molecular complexity index is 1320. The fourth-order valence-electron chi connectivity index (χ4n) is 3.75. The van der Waals surface area contributed by atoms with Crippen molar-refractivity contribution in [3.05, 3.63) is 119 Å². The van der Waals surface area contributed by atoms with Crippen molar-refractivity contribution >= 4 is 22.5 Å². The van der Waals surface area contributed by atoms with Crippen molar-refractivity contribution in [3.8, 4) is 0 Å². The normalized spacial score (nSPS) is 12.4. The zero-order chi connectivity index (χ0) is 24.3. The van der Waals surface area contributed by atoms with Gasteiger partial charge in [0.2, 0.25) is 0 Å². The molecule has 1 unspecified atom stereocenters. The number of benzene rings is 4. The second-order valence-electron chi connectivity index (χ2n) is 7.82. The molecule has 172 valence electrons. The van der Waals surface area contributed by atoms with E-state index < -0.39 is 35.3 Å². The van der Waals surface area contributed by atoms with Crippen LogP contribution in [0.4, 0.5) is 17.6 Å². The van der Waals surface area contributed by atoms with E-state index in [1.54, 1.807) is 24.3 Å². The molecule has 0 spiro atoms. The van der Waals surface area contributed by atoms with Gasteiger partial charge in [0.05, 0.1) is 11.6 Å². The largest absolute Gasteiger partial charge is 0.416 e. The molecule has 1 atom stereocenters. The summed E-state index contributed by atoms with van der Waals surface area (Å²) in [6.07, 6.45) is -4.52. The summed E-state index contributed by atoms with van der Waals surface area (Å²) in [7, 11) is 0. The Morgan fingerprint density at radius 1 is 0.794 bits per heavy atom. The fourth-order valence-corrected chi connectivity index (χ4v) is 3.75. The number of hydrogen-bond donors (Lipinski definition) is 1. The van der Waals surface area contributed by atoms with Crippen molar-refractivity contribution in [3.63, 3.8) is 0 Å². The van der Waals surface area contributed by atoms with Crippen molar-refractivity contribution in [1.29, 1.82) is 0 Å². The van der Waals surface area contributed by atoms with Gasteiger partial charge in [0, 0.05) is 17.5 Å². The van der Waals surface area contributed by atoms with E-state index in [1.165, 1.54) is 24.3 Å². The topological polar surface area (TPSA) is 46.2 Å². The lowest BCUT2D eigenvalue weighted by atomic mass is 9.96. The number of ketones is 1. The van der Waals surface area contributed by atoms with Crippen LogP contribution in [0.25, 0.3) is 10.8 Å². The van der Waals surface area contributed by atoms with Gasteiger partial charge in [-0.1, -0.05) is 48.5 Å². The second kappa shape index (κ2) is 9.47. The molecule has 0 saturated carbocycles. The van der Waals surface area contributed by atoms with Crippen LogP contribution in [0, 0.1) is 5.82 Å². The summed E-state index contributed by atoms with van der Waals surface area (Å²) in [5.74, 6) is -1.49. The zero-order valence-corrected chi connectivity index (χ0v) is 17.8. The number of carbonyl (C=O) groups is 2. The van der Waals surface area contributed by atoms with Gasteiger partial charge in [-0.25, -0.2) is 4.39 Å². The Kier molecular flexibility index (Phi) is 6.45. The Balaban J connectivity index is 1.65. The molecule has 0 saturated heterocycles. The summed E-state index contributed by atoms with van der Waals surface area (Å²) in [5.41, 5.74) is 0.170. The highest BCUT2D eigenvalue weighted by molar-refractivity contribution is 6.09. The summed E-state index contributed by atoms with van der Waals surface area (Å²) >= 11 is 0. The molecule has 4 aromatic rings. The van der Waals surface area contributed by atoms with E-state index in [1.807, 2.05) is 18.2 Å². The van der Waals surface area contributed by atoms with Gasteiger partial charge in [0.15, 0.2) is 5.78 Å². The van der Waals surface area contributed by atoms with Crippen molar-refractivity contribution in [2.45, 2.75) is 18.6 Å². The summed E-state index contributed by atoms with van der Waals surface area (Å²) in [4.78, 5) is 26.4. The molecule has 1 amide bonds. The van der Waals surface area contributed by atoms with Gasteiger partial charge in [-0.15, -0.1) is 0 Å². The van der Waals surface area contributed by atoms with E-state index in [0.29, 0.717) is 16.5 Å². The van der Waals surface area contributed by atoms with E-state index in [-0.39, 0.29) is 12.0 Å². The van der Waals surface area contributed by atoms with Crippen molar-refractivity contribution in [2.24, 2.45) is 0 Å². The SMILES string of the molecule is O=C(NC(Cc1ccc(C(F)(F)F)cc1)C(=O)c1ccc(F)cc1)c1cccc2ccccc12. The molecule has 0 heterocycles. The van der Waals surface area contributed by atoms with Gasteiger partial charge < -0.3 is 5.32 Å². The quantitative estimate of drug-likeness (QED) is 0.271. The van der Waals surface area contributed by atoms with E-state index >= 15 is 0 Å². The van der Waals surface area contributed by atoms with E-state index in [0.717, 1.165) is 29.7 Å². The minimum atomic E-state index is -4.48. The Labute approximate surface area is 193 Å². The lowest BCUT2D eigenvalue weighted by molar-refractivity contribution is -0.137. The van der Waals surface area contributed by atoms with Gasteiger partial charge in [-0.2, -0.15) is 13.2 Å². The molecule has 34 heavy (non-hydrogen) atoms. The Hall–Kier alpha value is -4.00. The van der Waals surface area contributed by atoms with E-state index in [4.69, 9.17) is 0 Å². The van der Waals surface area contributed by atoms with Crippen LogP contribution in [0.3, 0.4) is 0 Å². The second-order valence-corrected chi connectivity index (χ2v) is 7.82. The molecule has 3 nitrogen and oxygen atoms in total. The molecule has 0 aliphatic carbocycles. The van der Waals surface area contributed by atoms with Gasteiger partial charge in [-0.3, -0.25) is 9.59 Å². The van der Waals surface area contributed by atoms with Crippen molar-refractivity contribution in [1.82, 2.24) is 5.32 Å². The highest BCUT2D eigenvalue weighted by atomic mass is 19.4. The molecule has 7 heteroatoms. The van der Waals surface area contributed by atoms with Crippen LogP contribution in [0.15, 0.2) is 91.0 Å². The average Bonchev–Trinajstić information content (AvgIpc) is 2.83. The van der Waals surface area contributed by atoms with Gasteiger partial charge in [-0.05, 0) is 58.8 Å². The molecule has 0 fully saturated rings. The number of carbonyl (C=O) groups excluding carboxylic acids is 2. The van der Waals surface area contributed by atoms with E-state index in [9.17, 15) is 27.2 Å². The smallest absolute Gasteiger partial charge is 0.341 e. The van der Waals surface area contributed by atoms with Crippen molar-refractivity contribution in [2.75, 3.05) is 0 Å². The monoisotopic (exact) mass is 465 g/mol. The van der Waals surface area contributed by atoms with Crippen LogP contribution in [0.2, 0.25) is 0 Å². The summed E-state index contributed by atoms with van der Waals surface area (Å²) in [6.45, 7) is 0. The number of Topliss-reactive ketones (excluding diaryl/α,β-unsaturated/α-hetero) is 1. The molecule has 0 aliphatic heterocycles. The minimum Gasteiger partial charge on any atom is -0.341 e.